The summed E-state index contributed by atoms with van der Waals surface area (Å²) in [7, 11) is 0. The molecule has 0 aliphatic heterocycles. The summed E-state index contributed by atoms with van der Waals surface area (Å²) in [6.45, 7) is 3.90. The second-order valence-electron chi connectivity index (χ2n) is 3.77. The molecule has 0 aliphatic rings. The molecule has 1 amide bonds. The Labute approximate surface area is 104 Å². The standard InChI is InChI=1S/C12H12ClN3O/c1-8-5-9(2)16(15-8)12-4-3-10(14-7-17)6-11(12)13/h3-7H,1-2H3,(H,14,17). The monoisotopic (exact) mass is 249 g/mol. The molecule has 1 N–H and O–H groups in total. The number of hydrogen-bond acceptors (Lipinski definition) is 2. The van der Waals surface area contributed by atoms with E-state index in [9.17, 15) is 4.79 Å². The molecule has 0 spiro atoms. The van der Waals surface area contributed by atoms with Gasteiger partial charge in [-0.1, -0.05) is 11.6 Å². The van der Waals surface area contributed by atoms with Crippen molar-refractivity contribution in [2.45, 2.75) is 13.8 Å². The lowest BCUT2D eigenvalue weighted by Gasteiger charge is -2.08. The van der Waals surface area contributed by atoms with Gasteiger partial charge in [-0.05, 0) is 38.1 Å². The van der Waals surface area contributed by atoms with Gasteiger partial charge in [0.15, 0.2) is 0 Å². The van der Waals surface area contributed by atoms with E-state index >= 15 is 0 Å². The highest BCUT2D eigenvalue weighted by molar-refractivity contribution is 6.32. The van der Waals surface area contributed by atoms with Gasteiger partial charge in [0.2, 0.25) is 6.41 Å². The smallest absolute Gasteiger partial charge is 0.211 e. The first-order valence-electron chi connectivity index (χ1n) is 5.15. The zero-order chi connectivity index (χ0) is 12.4. The van der Waals surface area contributed by atoms with Crippen molar-refractivity contribution < 1.29 is 4.79 Å². The molecule has 0 atom stereocenters. The molecule has 0 saturated carbocycles. The molecule has 0 radical (unpaired) electrons. The topological polar surface area (TPSA) is 46.9 Å². The number of nitrogens with one attached hydrogen (secondary N) is 1. The van der Waals surface area contributed by atoms with E-state index in [1.165, 1.54) is 0 Å². The lowest BCUT2D eigenvalue weighted by Crippen LogP contribution is -2.01. The highest BCUT2D eigenvalue weighted by Crippen LogP contribution is 2.25. The quantitative estimate of drug-likeness (QED) is 0.851. The maximum absolute atomic E-state index is 10.3. The van der Waals surface area contributed by atoms with Crippen LogP contribution in [-0.4, -0.2) is 16.2 Å². The number of halogens is 1. The Kier molecular flexibility index (Phi) is 3.15. The number of nitrogens with zero attached hydrogens (tertiary/aromatic N) is 2. The fraction of sp³-hybridized carbons (Fsp3) is 0.167. The van der Waals surface area contributed by atoms with Gasteiger partial charge in [-0.15, -0.1) is 0 Å². The van der Waals surface area contributed by atoms with Gasteiger partial charge in [0.05, 0.1) is 16.4 Å². The molecule has 1 aromatic heterocycles. The Morgan fingerprint density at radius 2 is 2.12 bits per heavy atom. The second-order valence-corrected chi connectivity index (χ2v) is 4.17. The fourth-order valence-corrected chi connectivity index (χ4v) is 1.97. The van der Waals surface area contributed by atoms with E-state index in [1.807, 2.05) is 26.0 Å². The van der Waals surface area contributed by atoms with Crippen LogP contribution in [0.5, 0.6) is 0 Å². The number of anilines is 1. The first-order chi connectivity index (χ1) is 8.11. The van der Waals surface area contributed by atoms with Gasteiger partial charge in [-0.3, -0.25) is 4.79 Å². The van der Waals surface area contributed by atoms with Crippen LogP contribution in [0.4, 0.5) is 5.69 Å². The Morgan fingerprint density at radius 1 is 1.35 bits per heavy atom. The lowest BCUT2D eigenvalue weighted by atomic mass is 10.2. The highest BCUT2D eigenvalue weighted by atomic mass is 35.5. The minimum atomic E-state index is 0.544. The molecule has 2 aromatic rings. The molecule has 88 valence electrons. The third-order valence-electron chi connectivity index (χ3n) is 2.41. The number of rotatable bonds is 3. The normalized spacial score (nSPS) is 10.3. The maximum atomic E-state index is 10.3. The first kappa shape index (κ1) is 11.7. The molecule has 1 aromatic carbocycles. The predicted molar refractivity (Wildman–Crippen MR) is 67.7 cm³/mol. The average Bonchev–Trinajstić information content (AvgIpc) is 2.58. The Morgan fingerprint density at radius 3 is 2.65 bits per heavy atom. The third-order valence-corrected chi connectivity index (χ3v) is 2.71. The number of carbonyl (C=O) groups excluding carboxylic acids is 1. The van der Waals surface area contributed by atoms with E-state index in [4.69, 9.17) is 11.6 Å². The number of hydrogen-bond donors (Lipinski definition) is 1. The van der Waals surface area contributed by atoms with Crippen LogP contribution in [0.1, 0.15) is 11.4 Å². The van der Waals surface area contributed by atoms with Gasteiger partial charge in [0.1, 0.15) is 0 Å². The summed E-state index contributed by atoms with van der Waals surface area (Å²) in [5.41, 5.74) is 3.41. The summed E-state index contributed by atoms with van der Waals surface area (Å²) in [6.07, 6.45) is 0.620. The number of aromatic nitrogens is 2. The van der Waals surface area contributed by atoms with Crippen LogP contribution < -0.4 is 5.32 Å². The van der Waals surface area contributed by atoms with E-state index in [2.05, 4.69) is 10.4 Å². The van der Waals surface area contributed by atoms with Crippen molar-refractivity contribution in [1.82, 2.24) is 9.78 Å². The largest absolute Gasteiger partial charge is 0.329 e. The van der Waals surface area contributed by atoms with E-state index in [-0.39, 0.29) is 0 Å². The van der Waals surface area contributed by atoms with Crippen molar-refractivity contribution in [3.05, 3.63) is 40.7 Å². The molecule has 0 fully saturated rings. The minimum absolute atomic E-state index is 0.544. The van der Waals surface area contributed by atoms with Crippen LogP contribution in [0.2, 0.25) is 5.02 Å². The van der Waals surface area contributed by atoms with Gasteiger partial charge in [0.25, 0.3) is 0 Å². The zero-order valence-electron chi connectivity index (χ0n) is 9.57. The second kappa shape index (κ2) is 4.59. The SMILES string of the molecule is Cc1cc(C)n(-c2ccc(NC=O)cc2Cl)n1. The summed E-state index contributed by atoms with van der Waals surface area (Å²) in [6, 6.07) is 7.29. The fourth-order valence-electron chi connectivity index (χ4n) is 1.71. The molecule has 2 rings (SSSR count). The molecule has 4 nitrogen and oxygen atoms in total. The molecule has 17 heavy (non-hydrogen) atoms. The van der Waals surface area contributed by atoms with Crippen LogP contribution in [0, 0.1) is 13.8 Å². The van der Waals surface area contributed by atoms with Gasteiger partial charge in [-0.25, -0.2) is 4.68 Å². The number of aryl methyl sites for hydroxylation is 2. The molecular formula is C12H12ClN3O. The van der Waals surface area contributed by atoms with Crippen LogP contribution in [0.25, 0.3) is 5.69 Å². The highest BCUT2D eigenvalue weighted by Gasteiger charge is 2.08. The van der Waals surface area contributed by atoms with Crippen molar-refractivity contribution in [3.8, 4) is 5.69 Å². The molecule has 0 bridgehead atoms. The zero-order valence-corrected chi connectivity index (χ0v) is 10.3. The van der Waals surface area contributed by atoms with Crippen LogP contribution in [0.15, 0.2) is 24.3 Å². The number of amides is 1. The summed E-state index contributed by atoms with van der Waals surface area (Å²) < 4.78 is 1.78. The number of carbonyl (C=O) groups is 1. The number of benzene rings is 1. The Hall–Kier alpha value is -1.81. The van der Waals surface area contributed by atoms with E-state index in [0.717, 1.165) is 17.1 Å². The summed E-state index contributed by atoms with van der Waals surface area (Å²) in [5, 5.41) is 7.46. The average molecular weight is 250 g/mol. The minimum Gasteiger partial charge on any atom is -0.329 e. The summed E-state index contributed by atoms with van der Waals surface area (Å²) >= 11 is 6.16. The lowest BCUT2D eigenvalue weighted by molar-refractivity contribution is -0.105. The van der Waals surface area contributed by atoms with E-state index in [0.29, 0.717) is 17.1 Å². The summed E-state index contributed by atoms with van der Waals surface area (Å²) in [4.78, 5) is 10.3. The van der Waals surface area contributed by atoms with Crippen LogP contribution in [0.3, 0.4) is 0 Å². The van der Waals surface area contributed by atoms with E-state index < -0.39 is 0 Å². The maximum Gasteiger partial charge on any atom is 0.211 e. The predicted octanol–water partition coefficient (Wildman–Crippen LogP) is 2.71. The first-order valence-corrected chi connectivity index (χ1v) is 5.53. The molecule has 0 aliphatic carbocycles. The Balaban J connectivity index is 2.46. The molecule has 0 saturated heterocycles. The van der Waals surface area contributed by atoms with Gasteiger partial charge < -0.3 is 5.32 Å². The van der Waals surface area contributed by atoms with Crippen molar-refractivity contribution >= 4 is 23.7 Å². The molecule has 0 unspecified atom stereocenters. The van der Waals surface area contributed by atoms with Crippen molar-refractivity contribution in [2.24, 2.45) is 0 Å². The van der Waals surface area contributed by atoms with Crippen LogP contribution >= 0.6 is 11.6 Å². The van der Waals surface area contributed by atoms with Gasteiger partial charge in [-0.2, -0.15) is 5.10 Å². The van der Waals surface area contributed by atoms with Crippen LogP contribution in [-0.2, 0) is 4.79 Å². The molecule has 5 heteroatoms. The summed E-state index contributed by atoms with van der Waals surface area (Å²) in [5.74, 6) is 0. The third kappa shape index (κ3) is 2.31. The van der Waals surface area contributed by atoms with Crippen molar-refractivity contribution in [3.63, 3.8) is 0 Å². The van der Waals surface area contributed by atoms with Gasteiger partial charge >= 0.3 is 0 Å². The van der Waals surface area contributed by atoms with Gasteiger partial charge in [0, 0.05) is 11.4 Å². The van der Waals surface area contributed by atoms with Crippen molar-refractivity contribution in [1.29, 1.82) is 0 Å². The Bertz CT molecular complexity index is 563. The van der Waals surface area contributed by atoms with Crippen molar-refractivity contribution in [2.75, 3.05) is 5.32 Å². The molecule has 1 heterocycles. The van der Waals surface area contributed by atoms with E-state index in [1.54, 1.807) is 16.8 Å². The molecular weight excluding hydrogens is 238 g/mol.